The van der Waals surface area contributed by atoms with Gasteiger partial charge in [0.15, 0.2) is 0 Å². The molecule has 0 aromatic carbocycles. The molecule has 0 aromatic rings. The Kier molecular flexibility index (Phi) is 9.65. The minimum atomic E-state index is -0.662. The van der Waals surface area contributed by atoms with Gasteiger partial charge in [0.05, 0.1) is 12.1 Å². The highest BCUT2D eigenvalue weighted by Crippen LogP contribution is 1.94. The van der Waals surface area contributed by atoms with E-state index in [1.54, 1.807) is 25.7 Å². The monoisotopic (exact) mass is 314 g/mol. The normalized spacial score (nSPS) is 12.1. The van der Waals surface area contributed by atoms with Gasteiger partial charge < -0.3 is 19.7 Å². The predicted octanol–water partition coefficient (Wildman–Crippen LogP) is 1.48. The number of carbonyl (C=O) groups excluding carboxylic acids is 3. The topological polar surface area (TPSA) is 84.9 Å². The molecule has 2 amide bonds. The molecule has 0 aromatic heterocycles. The molecule has 22 heavy (non-hydrogen) atoms. The van der Waals surface area contributed by atoms with Gasteiger partial charge in [0.2, 0.25) is 0 Å². The molecule has 0 aliphatic rings. The second kappa shape index (κ2) is 10.6. The van der Waals surface area contributed by atoms with Gasteiger partial charge in [-0.2, -0.15) is 0 Å². The molecule has 0 radical (unpaired) electrons. The first-order valence-corrected chi connectivity index (χ1v) is 7.40. The Hall–Kier alpha value is -2.05. The highest BCUT2D eigenvalue weighted by molar-refractivity contribution is 5.91. The molecule has 0 spiro atoms. The molecule has 1 N–H and O–H groups in total. The van der Waals surface area contributed by atoms with Crippen LogP contribution in [0.15, 0.2) is 12.2 Å². The van der Waals surface area contributed by atoms with E-state index in [9.17, 15) is 14.4 Å². The van der Waals surface area contributed by atoms with Gasteiger partial charge >= 0.3 is 18.0 Å². The number of urea groups is 1. The quantitative estimate of drug-likeness (QED) is 0.542. The lowest BCUT2D eigenvalue weighted by atomic mass is 10.3. The highest BCUT2D eigenvalue weighted by atomic mass is 16.5. The van der Waals surface area contributed by atoms with Crippen molar-refractivity contribution in [3.05, 3.63) is 12.2 Å². The summed E-state index contributed by atoms with van der Waals surface area (Å²) >= 11 is 0. The van der Waals surface area contributed by atoms with Crippen LogP contribution in [0.1, 0.15) is 34.6 Å². The average molecular weight is 314 g/mol. The summed E-state index contributed by atoms with van der Waals surface area (Å²) < 4.78 is 9.77. The second-order valence-corrected chi connectivity index (χ2v) is 4.97. The lowest BCUT2D eigenvalue weighted by Crippen LogP contribution is -2.45. The van der Waals surface area contributed by atoms with Gasteiger partial charge in [0.25, 0.3) is 0 Å². The largest absolute Gasteiger partial charge is 0.460 e. The van der Waals surface area contributed by atoms with Crippen molar-refractivity contribution in [1.82, 2.24) is 10.2 Å². The van der Waals surface area contributed by atoms with E-state index < -0.39 is 11.9 Å². The Morgan fingerprint density at radius 2 is 1.59 bits per heavy atom. The van der Waals surface area contributed by atoms with Crippen LogP contribution in [0.5, 0.6) is 0 Å². The van der Waals surface area contributed by atoms with Crippen LogP contribution in [0.4, 0.5) is 4.79 Å². The number of esters is 2. The zero-order valence-corrected chi connectivity index (χ0v) is 13.9. The molecule has 0 fully saturated rings. The zero-order chi connectivity index (χ0) is 17.1. The lowest BCUT2D eigenvalue weighted by molar-refractivity contribution is -0.143. The van der Waals surface area contributed by atoms with Gasteiger partial charge in [0, 0.05) is 25.2 Å². The Balaban J connectivity index is 4.11. The van der Waals surface area contributed by atoms with Crippen LogP contribution >= 0.6 is 0 Å². The number of ether oxygens (including phenoxy) is 2. The van der Waals surface area contributed by atoms with E-state index in [-0.39, 0.29) is 24.8 Å². The first kappa shape index (κ1) is 19.9. The summed E-state index contributed by atoms with van der Waals surface area (Å²) in [6, 6.07) is -0.530. The Morgan fingerprint density at radius 3 is 2.09 bits per heavy atom. The number of rotatable bonds is 8. The van der Waals surface area contributed by atoms with E-state index >= 15 is 0 Å². The minimum Gasteiger partial charge on any atom is -0.460 e. The van der Waals surface area contributed by atoms with E-state index in [2.05, 4.69) is 5.32 Å². The van der Waals surface area contributed by atoms with E-state index in [0.717, 1.165) is 12.2 Å². The minimum absolute atomic E-state index is 0.0232. The maximum Gasteiger partial charge on any atom is 0.331 e. The average Bonchev–Trinajstić information content (AvgIpc) is 2.43. The van der Waals surface area contributed by atoms with Crippen molar-refractivity contribution in [3.8, 4) is 0 Å². The number of nitrogens with zero attached hydrogens (tertiary/aromatic N) is 1. The predicted molar refractivity (Wildman–Crippen MR) is 82.2 cm³/mol. The Morgan fingerprint density at radius 1 is 1.05 bits per heavy atom. The fourth-order valence-corrected chi connectivity index (χ4v) is 1.52. The van der Waals surface area contributed by atoms with Gasteiger partial charge in [-0.05, 0) is 34.6 Å². The van der Waals surface area contributed by atoms with Crippen LogP contribution in [0.2, 0.25) is 0 Å². The molecule has 1 atom stereocenters. The molecule has 7 nitrogen and oxygen atoms in total. The van der Waals surface area contributed by atoms with Crippen LogP contribution in [0.25, 0.3) is 0 Å². The molecule has 1 unspecified atom stereocenters. The van der Waals surface area contributed by atoms with Crippen molar-refractivity contribution in [2.75, 3.05) is 19.7 Å². The van der Waals surface area contributed by atoms with Crippen molar-refractivity contribution in [2.45, 2.75) is 46.8 Å². The van der Waals surface area contributed by atoms with Crippen LogP contribution < -0.4 is 5.32 Å². The SMILES string of the molecule is CCN(CC)C(=O)NC(C)COC(=O)/C=C/C(=O)OC(C)C. The van der Waals surface area contributed by atoms with Gasteiger partial charge in [-0.25, -0.2) is 14.4 Å². The molecule has 0 aliphatic heterocycles. The smallest absolute Gasteiger partial charge is 0.331 e. The Labute approximate surface area is 131 Å². The number of hydrogen-bond acceptors (Lipinski definition) is 5. The van der Waals surface area contributed by atoms with Crippen molar-refractivity contribution < 1.29 is 23.9 Å². The Bertz CT molecular complexity index is 403. The van der Waals surface area contributed by atoms with E-state index in [1.807, 2.05) is 13.8 Å². The number of carbonyl (C=O) groups is 3. The number of nitrogens with one attached hydrogen (secondary N) is 1. The maximum absolute atomic E-state index is 11.8. The van der Waals surface area contributed by atoms with Crippen LogP contribution in [0.3, 0.4) is 0 Å². The van der Waals surface area contributed by atoms with Crippen molar-refractivity contribution >= 4 is 18.0 Å². The number of hydrogen-bond donors (Lipinski definition) is 1. The molecule has 0 saturated heterocycles. The first-order valence-electron chi connectivity index (χ1n) is 7.40. The zero-order valence-electron chi connectivity index (χ0n) is 13.9. The van der Waals surface area contributed by atoms with E-state index in [1.165, 1.54) is 0 Å². The lowest BCUT2D eigenvalue weighted by Gasteiger charge is -2.22. The summed E-state index contributed by atoms with van der Waals surface area (Å²) in [7, 11) is 0. The first-order chi connectivity index (χ1) is 10.3. The summed E-state index contributed by atoms with van der Waals surface area (Å²) in [5, 5.41) is 2.72. The molecular weight excluding hydrogens is 288 g/mol. The van der Waals surface area contributed by atoms with Gasteiger partial charge in [-0.1, -0.05) is 0 Å². The van der Waals surface area contributed by atoms with Crippen LogP contribution in [-0.2, 0) is 19.1 Å². The standard InChI is InChI=1S/C15H26N2O5/c1-6-17(7-2)15(20)16-12(5)10-21-13(18)8-9-14(19)22-11(3)4/h8-9,11-12H,6-7,10H2,1-5H3,(H,16,20)/b9-8+. The third kappa shape index (κ3) is 8.99. The van der Waals surface area contributed by atoms with Crippen molar-refractivity contribution in [3.63, 3.8) is 0 Å². The third-order valence-corrected chi connectivity index (χ3v) is 2.60. The van der Waals surface area contributed by atoms with Crippen LogP contribution in [-0.4, -0.2) is 54.7 Å². The second-order valence-electron chi connectivity index (χ2n) is 4.97. The molecule has 7 heteroatoms. The molecular formula is C15H26N2O5. The summed E-state index contributed by atoms with van der Waals surface area (Å²) in [4.78, 5) is 36.0. The summed E-state index contributed by atoms with van der Waals surface area (Å²) in [5.74, 6) is -1.26. The van der Waals surface area contributed by atoms with Gasteiger partial charge in [0.1, 0.15) is 6.61 Å². The molecule has 0 saturated carbocycles. The molecule has 126 valence electrons. The molecule has 0 aliphatic carbocycles. The summed E-state index contributed by atoms with van der Waals surface area (Å²) in [5.41, 5.74) is 0. The molecule has 0 rings (SSSR count). The number of amides is 2. The molecule has 0 bridgehead atoms. The highest BCUT2D eigenvalue weighted by Gasteiger charge is 2.13. The third-order valence-electron chi connectivity index (χ3n) is 2.60. The molecule has 0 heterocycles. The van der Waals surface area contributed by atoms with Gasteiger partial charge in [-0.15, -0.1) is 0 Å². The van der Waals surface area contributed by atoms with Crippen molar-refractivity contribution in [1.29, 1.82) is 0 Å². The van der Waals surface area contributed by atoms with Crippen molar-refractivity contribution in [2.24, 2.45) is 0 Å². The summed E-state index contributed by atoms with van der Waals surface area (Å²) in [6.07, 6.45) is 1.77. The van der Waals surface area contributed by atoms with E-state index in [4.69, 9.17) is 9.47 Å². The maximum atomic E-state index is 11.8. The fraction of sp³-hybridized carbons (Fsp3) is 0.667. The van der Waals surface area contributed by atoms with Crippen LogP contribution in [0, 0.1) is 0 Å². The van der Waals surface area contributed by atoms with E-state index in [0.29, 0.717) is 13.1 Å². The fourth-order valence-electron chi connectivity index (χ4n) is 1.52. The van der Waals surface area contributed by atoms with Gasteiger partial charge in [-0.3, -0.25) is 0 Å². The summed E-state index contributed by atoms with van der Waals surface area (Å²) in [6.45, 7) is 10.2.